The number of nitrogens with two attached hydrogens (primary N) is 1. The van der Waals surface area contributed by atoms with Crippen molar-refractivity contribution >= 4 is 45.6 Å². The van der Waals surface area contributed by atoms with E-state index in [-0.39, 0.29) is 24.7 Å². The zero-order valence-electron chi connectivity index (χ0n) is 13.2. The van der Waals surface area contributed by atoms with Gasteiger partial charge < -0.3 is 10.3 Å². The van der Waals surface area contributed by atoms with Gasteiger partial charge in [-0.05, 0) is 38.1 Å². The van der Waals surface area contributed by atoms with Crippen molar-refractivity contribution in [3.8, 4) is 16.9 Å². The average Bonchev–Trinajstić information content (AvgIpc) is 3.03. The van der Waals surface area contributed by atoms with E-state index in [0.29, 0.717) is 0 Å². The molecular weight excluding hydrogens is 410 g/mol. The summed E-state index contributed by atoms with van der Waals surface area (Å²) >= 11 is 4.98. The van der Waals surface area contributed by atoms with Crippen molar-refractivity contribution in [1.82, 2.24) is 9.55 Å². The molecule has 2 N–H and O–H groups in total. The zero-order chi connectivity index (χ0) is 16.6. The average molecular weight is 427 g/mol. The number of amides is 1. The molecule has 0 spiro atoms. The van der Waals surface area contributed by atoms with E-state index in [1.807, 2.05) is 17.5 Å². The van der Waals surface area contributed by atoms with Crippen LogP contribution in [0.25, 0.3) is 16.9 Å². The van der Waals surface area contributed by atoms with Crippen LogP contribution in [0.3, 0.4) is 0 Å². The maximum atomic E-state index is 11.0. The van der Waals surface area contributed by atoms with Gasteiger partial charge in [0, 0.05) is 32.5 Å². The highest BCUT2D eigenvalue weighted by Gasteiger charge is 2.15. The summed E-state index contributed by atoms with van der Waals surface area (Å²) in [7, 11) is 0. The molecule has 0 aliphatic rings. The van der Waals surface area contributed by atoms with E-state index in [4.69, 9.17) is 5.73 Å². The number of primary amides is 1. The lowest BCUT2D eigenvalue weighted by atomic mass is 10.2. The molecule has 0 aliphatic carbocycles. The van der Waals surface area contributed by atoms with Gasteiger partial charge in [-0.25, -0.2) is 4.98 Å². The summed E-state index contributed by atoms with van der Waals surface area (Å²) in [5.41, 5.74) is 10.6. The lowest BCUT2D eigenvalue weighted by Crippen LogP contribution is -2.13. The first-order chi connectivity index (χ1) is 11.0. The third-order valence-electron chi connectivity index (χ3n) is 3.65. The number of carbonyl (C=O) groups excluding carboxylic acids is 1. The van der Waals surface area contributed by atoms with E-state index in [0.717, 1.165) is 37.8 Å². The normalized spacial score (nSPS) is 10.5. The van der Waals surface area contributed by atoms with Gasteiger partial charge in [0.05, 0.1) is 12.1 Å². The molecule has 1 aromatic carbocycles. The molecule has 3 aromatic rings. The number of rotatable bonds is 4. The first kappa shape index (κ1) is 18.7. The molecule has 0 aliphatic heterocycles. The second-order valence-corrected chi connectivity index (χ2v) is 7.23. The van der Waals surface area contributed by atoms with Crippen molar-refractivity contribution in [2.75, 3.05) is 0 Å². The van der Waals surface area contributed by atoms with Crippen LogP contribution < -0.4 is 5.73 Å². The topological polar surface area (TPSA) is 60.9 Å². The van der Waals surface area contributed by atoms with E-state index in [2.05, 4.69) is 57.5 Å². The van der Waals surface area contributed by atoms with Crippen molar-refractivity contribution in [1.29, 1.82) is 0 Å². The Kier molecular flexibility index (Phi) is 5.85. The fraction of sp³-hybridized carbons (Fsp3) is 0.176. The minimum Gasteiger partial charge on any atom is -0.369 e. The van der Waals surface area contributed by atoms with Crippen LogP contribution in [0.2, 0.25) is 0 Å². The summed E-state index contributed by atoms with van der Waals surface area (Å²) in [6, 6.07) is 10.3. The van der Waals surface area contributed by atoms with Crippen LogP contribution in [0.1, 0.15) is 16.4 Å². The maximum absolute atomic E-state index is 11.0. The quantitative estimate of drug-likeness (QED) is 0.671. The molecule has 0 unspecified atom stereocenters. The van der Waals surface area contributed by atoms with Crippen molar-refractivity contribution < 1.29 is 4.79 Å². The number of hydrogen-bond acceptors (Lipinski definition) is 3. The van der Waals surface area contributed by atoms with Gasteiger partial charge in [-0.1, -0.05) is 22.0 Å². The first-order valence-electron chi connectivity index (χ1n) is 7.13. The van der Waals surface area contributed by atoms with Crippen LogP contribution in [0.15, 0.2) is 40.2 Å². The van der Waals surface area contributed by atoms with Crippen LogP contribution in [0, 0.1) is 13.8 Å². The van der Waals surface area contributed by atoms with E-state index >= 15 is 0 Å². The second kappa shape index (κ2) is 7.51. The highest BCUT2D eigenvalue weighted by molar-refractivity contribution is 9.10. The molecule has 126 valence electrons. The fourth-order valence-corrected chi connectivity index (χ4v) is 3.89. The molecule has 1 amide bonds. The third-order valence-corrected chi connectivity index (χ3v) is 4.99. The molecule has 3 rings (SSSR count). The van der Waals surface area contributed by atoms with Crippen LogP contribution in [0.5, 0.6) is 0 Å². The van der Waals surface area contributed by atoms with Gasteiger partial charge in [-0.3, -0.25) is 4.79 Å². The Labute approximate surface area is 159 Å². The largest absolute Gasteiger partial charge is 0.369 e. The Bertz CT molecular complexity index is 888. The van der Waals surface area contributed by atoms with Gasteiger partial charge in [0.25, 0.3) is 0 Å². The zero-order valence-corrected chi connectivity index (χ0v) is 16.5. The Morgan fingerprint density at radius 2 is 2.08 bits per heavy atom. The van der Waals surface area contributed by atoms with Crippen molar-refractivity contribution in [3.63, 3.8) is 0 Å². The van der Waals surface area contributed by atoms with Crippen LogP contribution >= 0.6 is 39.7 Å². The Morgan fingerprint density at radius 3 is 2.75 bits per heavy atom. The SMILES string of the molecule is Cc1cc(-c2csc(CC(N)=O)n2)c(C)n1-c1cccc(Br)c1.Cl. The lowest BCUT2D eigenvalue weighted by molar-refractivity contribution is -0.117. The number of aromatic nitrogens is 2. The predicted octanol–water partition coefficient (Wildman–Crippen LogP) is 4.43. The third kappa shape index (κ3) is 3.71. The van der Waals surface area contributed by atoms with E-state index in [9.17, 15) is 4.79 Å². The molecule has 0 saturated heterocycles. The number of benzene rings is 1. The van der Waals surface area contributed by atoms with Gasteiger partial charge in [0.1, 0.15) is 5.01 Å². The Morgan fingerprint density at radius 1 is 1.33 bits per heavy atom. The monoisotopic (exact) mass is 425 g/mol. The fourth-order valence-electron chi connectivity index (χ4n) is 2.70. The number of hydrogen-bond donors (Lipinski definition) is 1. The number of halogens is 2. The van der Waals surface area contributed by atoms with Gasteiger partial charge in [-0.15, -0.1) is 23.7 Å². The minimum atomic E-state index is -0.356. The first-order valence-corrected chi connectivity index (χ1v) is 8.81. The number of nitrogens with zero attached hydrogens (tertiary/aromatic N) is 2. The van der Waals surface area contributed by atoms with E-state index < -0.39 is 0 Å². The second-order valence-electron chi connectivity index (χ2n) is 5.37. The highest BCUT2D eigenvalue weighted by atomic mass is 79.9. The molecule has 0 fully saturated rings. The summed E-state index contributed by atoms with van der Waals surface area (Å²) < 4.78 is 3.24. The van der Waals surface area contributed by atoms with Gasteiger partial charge in [-0.2, -0.15) is 0 Å². The summed E-state index contributed by atoms with van der Waals surface area (Å²) in [6.45, 7) is 4.16. The van der Waals surface area contributed by atoms with E-state index in [1.54, 1.807) is 0 Å². The Hall–Kier alpha value is -1.63. The number of carbonyl (C=O) groups is 1. The summed E-state index contributed by atoms with van der Waals surface area (Å²) in [5.74, 6) is -0.356. The number of aryl methyl sites for hydroxylation is 1. The summed E-state index contributed by atoms with van der Waals surface area (Å²) in [4.78, 5) is 15.6. The predicted molar refractivity (Wildman–Crippen MR) is 104 cm³/mol. The Balaban J connectivity index is 0.00000208. The molecule has 2 heterocycles. The van der Waals surface area contributed by atoms with Crippen molar-refractivity contribution in [3.05, 3.63) is 56.6 Å². The van der Waals surface area contributed by atoms with E-state index in [1.165, 1.54) is 11.3 Å². The molecule has 0 atom stereocenters. The molecule has 0 saturated carbocycles. The molecular formula is C17H17BrClN3OS. The van der Waals surface area contributed by atoms with Crippen LogP contribution in [-0.4, -0.2) is 15.5 Å². The van der Waals surface area contributed by atoms with Gasteiger partial charge >= 0.3 is 0 Å². The maximum Gasteiger partial charge on any atom is 0.224 e. The molecule has 0 radical (unpaired) electrons. The summed E-state index contributed by atoms with van der Waals surface area (Å²) in [5, 5.41) is 2.73. The molecule has 7 heteroatoms. The smallest absolute Gasteiger partial charge is 0.224 e. The van der Waals surface area contributed by atoms with Crippen LogP contribution in [-0.2, 0) is 11.2 Å². The highest BCUT2D eigenvalue weighted by Crippen LogP contribution is 2.31. The van der Waals surface area contributed by atoms with Gasteiger partial charge in [0.15, 0.2) is 0 Å². The van der Waals surface area contributed by atoms with Crippen LogP contribution in [0.4, 0.5) is 0 Å². The minimum absolute atomic E-state index is 0. The number of thiazole rings is 1. The van der Waals surface area contributed by atoms with Gasteiger partial charge in [0.2, 0.25) is 5.91 Å². The lowest BCUT2D eigenvalue weighted by Gasteiger charge is -2.10. The van der Waals surface area contributed by atoms with Crippen molar-refractivity contribution in [2.24, 2.45) is 5.73 Å². The molecule has 0 bridgehead atoms. The molecule has 2 aromatic heterocycles. The summed E-state index contributed by atoms with van der Waals surface area (Å²) in [6.07, 6.45) is 0.190. The molecule has 4 nitrogen and oxygen atoms in total. The standard InChI is InChI=1S/C17H16BrN3OS.ClH/c1-10-6-14(15-9-23-17(20-15)8-16(19)22)11(2)21(10)13-5-3-4-12(18)7-13;/h3-7,9H,8H2,1-2H3,(H2,19,22);1H. The van der Waals surface area contributed by atoms with Crippen molar-refractivity contribution in [2.45, 2.75) is 20.3 Å². The molecule has 24 heavy (non-hydrogen) atoms.